The molecule has 130 valence electrons. The average Bonchev–Trinajstić information content (AvgIpc) is 2.62. The van der Waals surface area contributed by atoms with Crippen molar-refractivity contribution in [1.82, 2.24) is 0 Å². The molecule has 0 spiro atoms. The van der Waals surface area contributed by atoms with Crippen molar-refractivity contribution in [3.8, 4) is 5.75 Å². The van der Waals surface area contributed by atoms with Crippen LogP contribution in [0.4, 0.5) is 5.69 Å². The van der Waals surface area contributed by atoms with Crippen LogP contribution in [0.2, 0.25) is 5.02 Å². The third-order valence-corrected chi connectivity index (χ3v) is 4.70. The Morgan fingerprint density at radius 3 is 2.29 bits per heavy atom. The van der Waals surface area contributed by atoms with E-state index in [1.165, 1.54) is 11.3 Å². The monoisotopic (exact) mass is 346 g/mol. The summed E-state index contributed by atoms with van der Waals surface area (Å²) in [6.07, 6.45) is 0.867. The Labute approximate surface area is 150 Å². The number of anilines is 1. The predicted octanol–water partition coefficient (Wildman–Crippen LogP) is 4.48. The first-order valence-electron chi connectivity index (χ1n) is 8.50. The van der Waals surface area contributed by atoms with E-state index in [4.69, 9.17) is 22.1 Å². The van der Waals surface area contributed by atoms with Crippen LogP contribution in [-0.4, -0.2) is 26.7 Å². The topological polar surface area (TPSA) is 38.5 Å². The number of nitrogens with two attached hydrogens (primary N) is 1. The van der Waals surface area contributed by atoms with Crippen LogP contribution in [0.3, 0.4) is 0 Å². The van der Waals surface area contributed by atoms with Gasteiger partial charge in [0, 0.05) is 35.3 Å². The first kappa shape index (κ1) is 18.6. The minimum Gasteiger partial charge on any atom is -0.496 e. The van der Waals surface area contributed by atoms with Crippen molar-refractivity contribution in [3.05, 3.63) is 58.6 Å². The van der Waals surface area contributed by atoms with Crippen molar-refractivity contribution < 1.29 is 4.74 Å². The summed E-state index contributed by atoms with van der Waals surface area (Å²) in [6, 6.07) is 14.5. The lowest BCUT2D eigenvalue weighted by atomic mass is 9.91. The van der Waals surface area contributed by atoms with E-state index in [1.54, 1.807) is 7.11 Å². The van der Waals surface area contributed by atoms with Crippen LogP contribution < -0.4 is 15.4 Å². The molecule has 0 fully saturated rings. The summed E-state index contributed by atoms with van der Waals surface area (Å²) in [5.41, 5.74) is 9.64. The maximum Gasteiger partial charge on any atom is 0.122 e. The maximum atomic E-state index is 6.16. The zero-order valence-corrected chi connectivity index (χ0v) is 15.5. The lowest BCUT2D eigenvalue weighted by Crippen LogP contribution is -2.21. The van der Waals surface area contributed by atoms with Gasteiger partial charge in [0.25, 0.3) is 0 Å². The summed E-state index contributed by atoms with van der Waals surface area (Å²) in [5, 5.41) is 0.709. The first-order chi connectivity index (χ1) is 11.6. The number of nitrogens with zero attached hydrogens (tertiary/aromatic N) is 1. The second-order valence-corrected chi connectivity index (χ2v) is 6.30. The molecule has 2 aromatic rings. The van der Waals surface area contributed by atoms with Crippen molar-refractivity contribution in [3.63, 3.8) is 0 Å². The molecule has 0 heterocycles. The van der Waals surface area contributed by atoms with Crippen LogP contribution in [0.5, 0.6) is 5.75 Å². The van der Waals surface area contributed by atoms with E-state index < -0.39 is 0 Å². The summed E-state index contributed by atoms with van der Waals surface area (Å²) >= 11 is 6.16. The highest BCUT2D eigenvalue weighted by Crippen LogP contribution is 2.31. The van der Waals surface area contributed by atoms with Gasteiger partial charge in [-0.3, -0.25) is 0 Å². The number of hydrogen-bond acceptors (Lipinski definition) is 3. The second-order valence-electron chi connectivity index (χ2n) is 5.86. The normalized spacial score (nSPS) is 12.0. The van der Waals surface area contributed by atoms with E-state index >= 15 is 0 Å². The minimum absolute atomic E-state index is 0.179. The zero-order valence-electron chi connectivity index (χ0n) is 14.8. The fraction of sp³-hybridized carbons (Fsp3) is 0.400. The third kappa shape index (κ3) is 4.43. The molecule has 3 nitrogen and oxygen atoms in total. The largest absolute Gasteiger partial charge is 0.496 e. The molecule has 0 aliphatic heterocycles. The average molecular weight is 347 g/mol. The molecule has 0 radical (unpaired) electrons. The molecule has 2 aromatic carbocycles. The fourth-order valence-electron chi connectivity index (χ4n) is 3.06. The van der Waals surface area contributed by atoms with Gasteiger partial charge < -0.3 is 15.4 Å². The predicted molar refractivity (Wildman–Crippen MR) is 104 cm³/mol. The molecular formula is C20H27ClN2O. The molecular weight excluding hydrogens is 320 g/mol. The summed E-state index contributed by atoms with van der Waals surface area (Å²) < 4.78 is 5.48. The SMILES string of the molecule is CCN(CC)c1ccc(CC(CN)c2cc(Cl)ccc2OC)cc1. The van der Waals surface area contributed by atoms with Crippen LogP contribution in [0, 0.1) is 0 Å². The van der Waals surface area contributed by atoms with Gasteiger partial charge in [0.1, 0.15) is 5.75 Å². The van der Waals surface area contributed by atoms with Gasteiger partial charge in [-0.1, -0.05) is 23.7 Å². The quantitative estimate of drug-likeness (QED) is 0.765. The van der Waals surface area contributed by atoms with E-state index in [9.17, 15) is 0 Å². The lowest BCUT2D eigenvalue weighted by Gasteiger charge is -2.22. The van der Waals surface area contributed by atoms with Crippen LogP contribution in [0.1, 0.15) is 30.9 Å². The van der Waals surface area contributed by atoms with Gasteiger partial charge >= 0.3 is 0 Å². The number of methoxy groups -OCH3 is 1. The Kier molecular flexibility index (Phi) is 6.95. The van der Waals surface area contributed by atoms with Gasteiger partial charge in [0.05, 0.1) is 7.11 Å². The minimum atomic E-state index is 0.179. The molecule has 1 atom stereocenters. The number of ether oxygens (including phenoxy) is 1. The molecule has 0 aliphatic carbocycles. The Hall–Kier alpha value is -1.71. The van der Waals surface area contributed by atoms with Gasteiger partial charge in [0.2, 0.25) is 0 Å². The third-order valence-electron chi connectivity index (χ3n) is 4.46. The molecule has 2 N–H and O–H groups in total. The van der Waals surface area contributed by atoms with Gasteiger partial charge in [-0.2, -0.15) is 0 Å². The van der Waals surface area contributed by atoms with E-state index in [0.717, 1.165) is 30.8 Å². The molecule has 0 saturated heterocycles. The summed E-state index contributed by atoms with van der Waals surface area (Å²) in [6.45, 7) is 6.93. The van der Waals surface area contributed by atoms with Crippen LogP contribution >= 0.6 is 11.6 Å². The van der Waals surface area contributed by atoms with Crippen molar-refractivity contribution in [1.29, 1.82) is 0 Å². The highest BCUT2D eigenvalue weighted by atomic mass is 35.5. The molecule has 0 aromatic heterocycles. The standard InChI is InChI=1S/C20H27ClN2O/c1-4-23(5-2)18-9-6-15(7-10-18)12-16(14-22)19-13-17(21)8-11-20(19)24-3/h6-11,13,16H,4-5,12,14,22H2,1-3H3. The molecule has 24 heavy (non-hydrogen) atoms. The van der Waals surface area contributed by atoms with Crippen molar-refractivity contribution in [2.24, 2.45) is 5.73 Å². The molecule has 0 aliphatic rings. The number of benzene rings is 2. The molecule has 0 saturated carbocycles. The highest BCUT2D eigenvalue weighted by molar-refractivity contribution is 6.30. The Bertz CT molecular complexity index is 639. The van der Waals surface area contributed by atoms with Gasteiger partial charge in [-0.15, -0.1) is 0 Å². The lowest BCUT2D eigenvalue weighted by molar-refractivity contribution is 0.405. The van der Waals surface area contributed by atoms with Gasteiger partial charge in [-0.25, -0.2) is 0 Å². The van der Waals surface area contributed by atoms with E-state index in [1.807, 2.05) is 18.2 Å². The van der Waals surface area contributed by atoms with Crippen molar-refractivity contribution >= 4 is 17.3 Å². The number of hydrogen-bond donors (Lipinski definition) is 1. The Morgan fingerprint density at radius 1 is 1.08 bits per heavy atom. The zero-order chi connectivity index (χ0) is 17.5. The molecule has 4 heteroatoms. The van der Waals surface area contributed by atoms with Crippen LogP contribution in [0.25, 0.3) is 0 Å². The summed E-state index contributed by atoms with van der Waals surface area (Å²) in [4.78, 5) is 2.34. The van der Waals surface area contributed by atoms with E-state index in [-0.39, 0.29) is 5.92 Å². The Balaban J connectivity index is 2.20. The van der Waals surface area contributed by atoms with Crippen LogP contribution in [-0.2, 0) is 6.42 Å². The smallest absolute Gasteiger partial charge is 0.122 e. The molecule has 1 unspecified atom stereocenters. The van der Waals surface area contributed by atoms with Gasteiger partial charge in [0.15, 0.2) is 0 Å². The van der Waals surface area contributed by atoms with Crippen molar-refractivity contribution in [2.75, 3.05) is 31.6 Å². The fourth-order valence-corrected chi connectivity index (χ4v) is 3.24. The summed E-state index contributed by atoms with van der Waals surface area (Å²) in [7, 11) is 1.68. The highest BCUT2D eigenvalue weighted by Gasteiger charge is 2.16. The van der Waals surface area contributed by atoms with Gasteiger partial charge in [-0.05, 0) is 62.7 Å². The van der Waals surface area contributed by atoms with Crippen LogP contribution in [0.15, 0.2) is 42.5 Å². The van der Waals surface area contributed by atoms with E-state index in [2.05, 4.69) is 43.0 Å². The second kappa shape index (κ2) is 8.95. The van der Waals surface area contributed by atoms with Crippen molar-refractivity contribution in [2.45, 2.75) is 26.2 Å². The molecule has 2 rings (SSSR count). The Morgan fingerprint density at radius 2 is 1.75 bits per heavy atom. The summed E-state index contributed by atoms with van der Waals surface area (Å²) in [5.74, 6) is 1.02. The molecule has 0 bridgehead atoms. The first-order valence-corrected chi connectivity index (χ1v) is 8.88. The molecule has 0 amide bonds. The maximum absolute atomic E-state index is 6.16. The van der Waals surface area contributed by atoms with E-state index in [0.29, 0.717) is 11.6 Å². The number of rotatable bonds is 8. The number of halogens is 1.